The van der Waals surface area contributed by atoms with Gasteiger partial charge in [0.1, 0.15) is 0 Å². The monoisotopic (exact) mass is 303 g/mol. The van der Waals surface area contributed by atoms with Gasteiger partial charge in [0.15, 0.2) is 11.5 Å². The molecule has 0 amide bonds. The van der Waals surface area contributed by atoms with E-state index in [1.807, 2.05) is 30.3 Å². The van der Waals surface area contributed by atoms with Gasteiger partial charge in [-0.15, -0.1) is 0 Å². The first-order chi connectivity index (χ1) is 10.2. The summed E-state index contributed by atoms with van der Waals surface area (Å²) < 4.78 is 10.7. The fourth-order valence-corrected chi connectivity index (χ4v) is 2.38. The minimum atomic E-state index is 0.246. The van der Waals surface area contributed by atoms with Crippen LogP contribution in [0.5, 0.6) is 11.5 Å². The molecule has 0 heterocycles. The van der Waals surface area contributed by atoms with Crippen molar-refractivity contribution < 1.29 is 9.47 Å². The summed E-state index contributed by atoms with van der Waals surface area (Å²) in [7, 11) is 3.18. The third kappa shape index (κ3) is 3.40. The molecule has 0 bridgehead atoms. The Morgan fingerprint density at radius 1 is 1.19 bits per heavy atom. The van der Waals surface area contributed by atoms with Gasteiger partial charge in [-0.05, 0) is 34.9 Å². The molecule has 0 aliphatic heterocycles. The Bertz CT molecular complexity index is 697. The minimum Gasteiger partial charge on any atom is -0.493 e. The number of benzene rings is 2. The van der Waals surface area contributed by atoms with Crippen molar-refractivity contribution in [2.45, 2.75) is 6.54 Å². The van der Waals surface area contributed by atoms with E-state index in [-0.39, 0.29) is 6.54 Å². The van der Waals surface area contributed by atoms with E-state index in [2.05, 4.69) is 10.0 Å². The summed E-state index contributed by atoms with van der Waals surface area (Å²) in [6.07, 6.45) is 0. The smallest absolute Gasteiger partial charge is 0.168 e. The maximum atomic E-state index is 8.42. The van der Waals surface area contributed by atoms with Gasteiger partial charge in [0, 0.05) is 15.5 Å². The zero-order valence-electron chi connectivity index (χ0n) is 11.7. The van der Waals surface area contributed by atoms with Crippen molar-refractivity contribution in [1.29, 1.82) is 0 Å². The molecule has 0 saturated heterocycles. The van der Waals surface area contributed by atoms with Gasteiger partial charge in [-0.2, -0.15) is 0 Å². The van der Waals surface area contributed by atoms with Crippen LogP contribution in [0.2, 0.25) is 5.02 Å². The lowest BCUT2D eigenvalue weighted by Gasteiger charge is -2.13. The number of halogens is 1. The summed E-state index contributed by atoms with van der Waals surface area (Å²) >= 11 is 6.14. The Kier molecular flexibility index (Phi) is 4.93. The van der Waals surface area contributed by atoms with Crippen LogP contribution >= 0.6 is 11.6 Å². The predicted octanol–water partition coefficient (Wildman–Crippen LogP) is 4.83. The summed E-state index contributed by atoms with van der Waals surface area (Å²) in [5.41, 5.74) is 11.0. The molecule has 0 saturated carbocycles. The lowest BCUT2D eigenvalue weighted by atomic mass is 10.0. The van der Waals surface area contributed by atoms with Crippen LogP contribution < -0.4 is 9.47 Å². The average Bonchev–Trinajstić information content (AvgIpc) is 2.51. The van der Waals surface area contributed by atoms with Crippen LogP contribution in [0, 0.1) is 0 Å². The highest BCUT2D eigenvalue weighted by Crippen LogP contribution is 2.38. The number of hydrogen-bond acceptors (Lipinski definition) is 3. The molecule has 2 aromatic rings. The predicted molar refractivity (Wildman–Crippen MR) is 82.8 cm³/mol. The maximum absolute atomic E-state index is 8.42. The van der Waals surface area contributed by atoms with Gasteiger partial charge in [0.2, 0.25) is 0 Å². The second-order valence-electron chi connectivity index (χ2n) is 4.28. The summed E-state index contributed by atoms with van der Waals surface area (Å²) in [4.78, 5) is 2.76. The van der Waals surface area contributed by atoms with Gasteiger partial charge >= 0.3 is 0 Å². The summed E-state index contributed by atoms with van der Waals surface area (Å²) in [5, 5.41) is 4.13. The van der Waals surface area contributed by atoms with Crippen molar-refractivity contribution in [1.82, 2.24) is 0 Å². The van der Waals surface area contributed by atoms with Crippen molar-refractivity contribution >= 4 is 11.6 Å². The summed E-state index contributed by atoms with van der Waals surface area (Å²) in [6.45, 7) is 0.246. The number of methoxy groups -OCH3 is 2. The van der Waals surface area contributed by atoms with E-state index in [4.69, 9.17) is 26.6 Å². The van der Waals surface area contributed by atoms with E-state index in [0.717, 1.165) is 16.7 Å². The molecule has 0 aromatic heterocycles. The van der Waals surface area contributed by atoms with Crippen molar-refractivity contribution in [2.75, 3.05) is 14.2 Å². The molecule has 0 atom stereocenters. The van der Waals surface area contributed by atoms with Crippen LogP contribution in [0.15, 0.2) is 41.5 Å². The molecule has 0 aliphatic rings. The number of para-hydroxylation sites is 1. The van der Waals surface area contributed by atoms with Crippen molar-refractivity contribution in [3.8, 4) is 22.6 Å². The van der Waals surface area contributed by atoms with E-state index >= 15 is 0 Å². The lowest BCUT2D eigenvalue weighted by Crippen LogP contribution is -1.93. The largest absolute Gasteiger partial charge is 0.493 e. The fraction of sp³-hybridized carbons (Fsp3) is 0.200. The fourth-order valence-electron chi connectivity index (χ4n) is 2.12. The number of nitrogens with zero attached hydrogens (tertiary/aromatic N) is 3. The highest BCUT2D eigenvalue weighted by molar-refractivity contribution is 6.31. The van der Waals surface area contributed by atoms with Crippen LogP contribution in [0.4, 0.5) is 0 Å². The molecule has 0 fully saturated rings. The van der Waals surface area contributed by atoms with Crippen LogP contribution in [0.1, 0.15) is 5.56 Å². The highest BCUT2D eigenvalue weighted by Gasteiger charge is 2.12. The molecule has 0 unspecified atom stereocenters. The van der Waals surface area contributed by atoms with Gasteiger partial charge in [0.25, 0.3) is 0 Å². The maximum Gasteiger partial charge on any atom is 0.168 e. The topological polar surface area (TPSA) is 67.2 Å². The second-order valence-corrected chi connectivity index (χ2v) is 4.71. The van der Waals surface area contributed by atoms with Gasteiger partial charge < -0.3 is 9.47 Å². The Balaban J connectivity index is 2.56. The standard InChI is InChI=1S/C15H14ClN3O2/c1-20-14-5-3-4-13(15(14)21-2)11-6-10(9-18-19-17)7-12(16)8-11/h3-8H,9H2,1-2H3. The Hall–Kier alpha value is -2.36. The number of hydrogen-bond donors (Lipinski definition) is 0. The molecule has 108 valence electrons. The van der Waals surface area contributed by atoms with E-state index < -0.39 is 0 Å². The Labute approximate surface area is 127 Å². The zero-order valence-corrected chi connectivity index (χ0v) is 12.5. The first-order valence-electron chi connectivity index (χ1n) is 6.21. The van der Waals surface area contributed by atoms with Gasteiger partial charge in [0.05, 0.1) is 20.8 Å². The third-order valence-corrected chi connectivity index (χ3v) is 3.21. The van der Waals surface area contributed by atoms with Gasteiger partial charge in [-0.1, -0.05) is 34.9 Å². The Morgan fingerprint density at radius 3 is 2.67 bits per heavy atom. The van der Waals surface area contributed by atoms with Crippen LogP contribution in [-0.4, -0.2) is 14.2 Å². The summed E-state index contributed by atoms with van der Waals surface area (Å²) in [6, 6.07) is 11.1. The number of azide groups is 1. The number of rotatable bonds is 5. The van der Waals surface area contributed by atoms with Crippen molar-refractivity contribution in [3.63, 3.8) is 0 Å². The van der Waals surface area contributed by atoms with Crippen molar-refractivity contribution in [2.24, 2.45) is 5.11 Å². The molecular formula is C15H14ClN3O2. The highest BCUT2D eigenvalue weighted by atomic mass is 35.5. The molecule has 0 aliphatic carbocycles. The minimum absolute atomic E-state index is 0.246. The quantitative estimate of drug-likeness (QED) is 0.451. The SMILES string of the molecule is COc1cccc(-c2cc(Cl)cc(CN=[N+]=[N-])c2)c1OC. The summed E-state index contributed by atoms with van der Waals surface area (Å²) in [5.74, 6) is 1.28. The van der Waals surface area contributed by atoms with E-state index in [1.165, 1.54) is 0 Å². The Morgan fingerprint density at radius 2 is 2.00 bits per heavy atom. The molecule has 0 N–H and O–H groups in total. The van der Waals surface area contributed by atoms with E-state index in [1.54, 1.807) is 20.3 Å². The molecular weight excluding hydrogens is 290 g/mol. The first kappa shape index (κ1) is 15.0. The lowest BCUT2D eigenvalue weighted by molar-refractivity contribution is 0.356. The number of ether oxygens (including phenoxy) is 2. The molecule has 6 heteroatoms. The van der Waals surface area contributed by atoms with Gasteiger partial charge in [-0.3, -0.25) is 0 Å². The van der Waals surface area contributed by atoms with Crippen LogP contribution in [-0.2, 0) is 6.54 Å². The van der Waals surface area contributed by atoms with Crippen molar-refractivity contribution in [3.05, 3.63) is 57.4 Å². The third-order valence-electron chi connectivity index (χ3n) is 2.99. The zero-order chi connectivity index (χ0) is 15.2. The molecule has 5 nitrogen and oxygen atoms in total. The molecule has 2 rings (SSSR count). The normalized spacial score (nSPS) is 9.86. The average molecular weight is 304 g/mol. The van der Waals surface area contributed by atoms with Crippen LogP contribution in [0.25, 0.3) is 21.6 Å². The molecule has 0 radical (unpaired) electrons. The van der Waals surface area contributed by atoms with E-state index in [0.29, 0.717) is 16.5 Å². The second kappa shape index (κ2) is 6.88. The van der Waals surface area contributed by atoms with E-state index in [9.17, 15) is 0 Å². The van der Waals surface area contributed by atoms with Crippen LogP contribution in [0.3, 0.4) is 0 Å². The molecule has 21 heavy (non-hydrogen) atoms. The van der Waals surface area contributed by atoms with Gasteiger partial charge in [-0.25, -0.2) is 0 Å². The first-order valence-corrected chi connectivity index (χ1v) is 6.59. The molecule has 2 aromatic carbocycles. The molecule has 0 spiro atoms.